The molecule has 0 aromatic heterocycles. The lowest BCUT2D eigenvalue weighted by molar-refractivity contribution is -0.0267. The topological polar surface area (TPSA) is 92.3 Å². The van der Waals surface area contributed by atoms with Crippen LogP contribution in [0.4, 0.5) is 0 Å². The highest BCUT2D eigenvalue weighted by molar-refractivity contribution is 5.13. The van der Waals surface area contributed by atoms with Crippen molar-refractivity contribution in [1.82, 2.24) is 0 Å². The molecule has 0 saturated carbocycles. The van der Waals surface area contributed by atoms with Gasteiger partial charge in [-0.1, -0.05) is 69.4 Å². The van der Waals surface area contributed by atoms with Crippen LogP contribution < -0.4 is 0 Å². The maximum absolute atomic E-state index is 5.58. The van der Waals surface area contributed by atoms with Gasteiger partial charge < -0.3 is 47.4 Å². The number of hydrogen-bond acceptors (Lipinski definition) is 10. The molecule has 0 aliphatic rings. The molecule has 0 amide bonds. The van der Waals surface area contributed by atoms with E-state index in [2.05, 4.69) is 6.92 Å². The van der Waals surface area contributed by atoms with Gasteiger partial charge in [0, 0.05) is 6.61 Å². The SMILES string of the molecule is CCCCCCCCOCCOCCOCCOCCOCCOCCOCCOCCOCCOCc1ccccc1. The van der Waals surface area contributed by atoms with Crippen LogP contribution in [0.5, 0.6) is 0 Å². The fraction of sp³-hybridized carbons (Fsp3) is 0.818. The lowest BCUT2D eigenvalue weighted by Crippen LogP contribution is -2.15. The summed E-state index contributed by atoms with van der Waals surface area (Å²) < 4.78 is 55.1. The molecular weight excluding hydrogens is 556 g/mol. The first kappa shape index (κ1) is 39.8. The average Bonchev–Trinajstić information content (AvgIpc) is 3.03. The van der Waals surface area contributed by atoms with Gasteiger partial charge in [-0.2, -0.15) is 0 Å². The highest BCUT2D eigenvalue weighted by atomic mass is 16.6. The Morgan fingerprint density at radius 3 is 1.00 bits per heavy atom. The summed E-state index contributed by atoms with van der Waals surface area (Å²) in [4.78, 5) is 0. The van der Waals surface area contributed by atoms with Gasteiger partial charge in [-0.25, -0.2) is 0 Å². The van der Waals surface area contributed by atoms with Crippen molar-refractivity contribution >= 4 is 0 Å². The third kappa shape index (κ3) is 32.0. The first-order valence-electron chi connectivity index (χ1n) is 16.2. The van der Waals surface area contributed by atoms with Crippen LogP contribution in [0, 0.1) is 0 Å². The van der Waals surface area contributed by atoms with Crippen molar-refractivity contribution in [1.29, 1.82) is 0 Å². The summed E-state index contributed by atoms with van der Waals surface area (Å²) in [6, 6.07) is 10.1. The first-order chi connectivity index (χ1) is 21.4. The fourth-order valence-electron chi connectivity index (χ4n) is 3.73. The van der Waals surface area contributed by atoms with Gasteiger partial charge in [0.05, 0.1) is 126 Å². The van der Waals surface area contributed by atoms with Gasteiger partial charge in [-0.05, 0) is 12.0 Å². The zero-order valence-electron chi connectivity index (χ0n) is 26.9. The summed E-state index contributed by atoms with van der Waals surface area (Å²) in [5, 5.41) is 0. The van der Waals surface area contributed by atoms with Crippen molar-refractivity contribution in [2.45, 2.75) is 52.1 Å². The number of rotatable bonds is 36. The Morgan fingerprint density at radius 1 is 0.326 bits per heavy atom. The third-order valence-corrected chi connectivity index (χ3v) is 6.10. The lowest BCUT2D eigenvalue weighted by atomic mass is 10.1. The van der Waals surface area contributed by atoms with E-state index in [0.717, 1.165) is 18.6 Å². The normalized spacial score (nSPS) is 11.5. The van der Waals surface area contributed by atoms with Crippen LogP contribution in [-0.2, 0) is 54.0 Å². The molecule has 0 N–H and O–H groups in total. The smallest absolute Gasteiger partial charge is 0.0718 e. The van der Waals surface area contributed by atoms with Crippen molar-refractivity contribution in [2.75, 3.05) is 126 Å². The van der Waals surface area contributed by atoms with Gasteiger partial charge in [-0.3, -0.25) is 0 Å². The predicted molar refractivity (Wildman–Crippen MR) is 167 cm³/mol. The maximum atomic E-state index is 5.58. The zero-order chi connectivity index (χ0) is 30.6. The highest BCUT2D eigenvalue weighted by Crippen LogP contribution is 2.04. The van der Waals surface area contributed by atoms with Crippen molar-refractivity contribution in [2.24, 2.45) is 0 Å². The van der Waals surface area contributed by atoms with Crippen LogP contribution in [0.25, 0.3) is 0 Å². The Morgan fingerprint density at radius 2 is 0.628 bits per heavy atom. The Labute approximate surface area is 260 Å². The second kappa shape index (κ2) is 35.3. The molecule has 0 radical (unpaired) electrons. The quantitative estimate of drug-likeness (QED) is 0.0987. The zero-order valence-corrected chi connectivity index (χ0v) is 26.9. The second-order valence-electron chi connectivity index (χ2n) is 9.82. The fourth-order valence-corrected chi connectivity index (χ4v) is 3.73. The van der Waals surface area contributed by atoms with E-state index in [1.165, 1.54) is 32.1 Å². The van der Waals surface area contributed by atoms with Gasteiger partial charge in [0.2, 0.25) is 0 Å². The molecule has 0 aliphatic carbocycles. The van der Waals surface area contributed by atoms with E-state index in [1.807, 2.05) is 30.3 Å². The van der Waals surface area contributed by atoms with Crippen LogP contribution in [0.2, 0.25) is 0 Å². The third-order valence-electron chi connectivity index (χ3n) is 6.10. The molecule has 0 aliphatic heterocycles. The largest absolute Gasteiger partial charge is 0.379 e. The minimum Gasteiger partial charge on any atom is -0.379 e. The van der Waals surface area contributed by atoms with Gasteiger partial charge in [-0.15, -0.1) is 0 Å². The van der Waals surface area contributed by atoms with Crippen LogP contribution in [-0.4, -0.2) is 126 Å². The van der Waals surface area contributed by atoms with E-state index >= 15 is 0 Å². The van der Waals surface area contributed by atoms with E-state index in [4.69, 9.17) is 47.4 Å². The molecule has 1 aromatic rings. The van der Waals surface area contributed by atoms with Crippen LogP contribution in [0.1, 0.15) is 51.0 Å². The molecule has 0 bridgehead atoms. The van der Waals surface area contributed by atoms with E-state index in [9.17, 15) is 0 Å². The summed E-state index contributed by atoms with van der Waals surface area (Å²) in [6.07, 6.45) is 7.70. The molecule has 10 nitrogen and oxygen atoms in total. The minimum atomic E-state index is 0.527. The van der Waals surface area contributed by atoms with E-state index in [0.29, 0.717) is 126 Å². The van der Waals surface area contributed by atoms with Crippen molar-refractivity contribution in [3.63, 3.8) is 0 Å². The molecule has 0 atom stereocenters. The summed E-state index contributed by atoms with van der Waals surface area (Å²) in [5.41, 5.74) is 1.16. The summed E-state index contributed by atoms with van der Waals surface area (Å²) in [7, 11) is 0. The van der Waals surface area contributed by atoms with Gasteiger partial charge >= 0.3 is 0 Å². The molecular formula is C33H60O10. The average molecular weight is 617 g/mol. The van der Waals surface area contributed by atoms with Gasteiger partial charge in [0.15, 0.2) is 0 Å². The molecule has 0 heterocycles. The molecule has 252 valence electrons. The molecule has 0 saturated heterocycles. The molecule has 43 heavy (non-hydrogen) atoms. The Hall–Kier alpha value is -1.18. The standard InChI is InChI=1S/C33H60O10/c1-2-3-4-5-6-10-13-34-14-15-35-16-17-36-18-19-37-20-21-38-22-23-39-24-25-40-26-27-41-28-29-42-30-31-43-32-33-11-8-7-9-12-33/h7-9,11-12H,2-6,10,13-32H2,1H3. The second-order valence-corrected chi connectivity index (χ2v) is 9.82. The van der Waals surface area contributed by atoms with Gasteiger partial charge in [0.25, 0.3) is 0 Å². The molecule has 0 spiro atoms. The molecule has 0 unspecified atom stereocenters. The van der Waals surface area contributed by atoms with Crippen molar-refractivity contribution < 1.29 is 47.4 Å². The first-order valence-corrected chi connectivity index (χ1v) is 16.2. The number of unbranched alkanes of at least 4 members (excludes halogenated alkanes) is 5. The van der Waals surface area contributed by atoms with Crippen LogP contribution in [0.15, 0.2) is 30.3 Å². The molecule has 1 rings (SSSR count). The molecule has 0 fully saturated rings. The summed E-state index contributed by atoms with van der Waals surface area (Å²) >= 11 is 0. The molecule has 1 aromatic carbocycles. The monoisotopic (exact) mass is 616 g/mol. The Kier molecular flexibility index (Phi) is 32.7. The summed E-state index contributed by atoms with van der Waals surface area (Å²) in [6.45, 7) is 13.6. The van der Waals surface area contributed by atoms with Gasteiger partial charge in [0.1, 0.15) is 0 Å². The summed E-state index contributed by atoms with van der Waals surface area (Å²) in [5.74, 6) is 0. The van der Waals surface area contributed by atoms with Crippen LogP contribution >= 0.6 is 0 Å². The lowest BCUT2D eigenvalue weighted by Gasteiger charge is -2.09. The minimum absolute atomic E-state index is 0.527. The Bertz CT molecular complexity index is 637. The van der Waals surface area contributed by atoms with Crippen molar-refractivity contribution in [3.8, 4) is 0 Å². The van der Waals surface area contributed by atoms with Crippen LogP contribution in [0.3, 0.4) is 0 Å². The van der Waals surface area contributed by atoms with E-state index < -0.39 is 0 Å². The Balaban J connectivity index is 1.61. The van der Waals surface area contributed by atoms with Crippen molar-refractivity contribution in [3.05, 3.63) is 35.9 Å². The van der Waals surface area contributed by atoms with E-state index in [1.54, 1.807) is 0 Å². The number of ether oxygens (including phenoxy) is 10. The molecule has 10 heteroatoms. The number of hydrogen-bond donors (Lipinski definition) is 0. The predicted octanol–water partition coefficient (Wildman–Crippen LogP) is 4.71. The van der Waals surface area contributed by atoms with E-state index in [-0.39, 0.29) is 0 Å². The highest BCUT2D eigenvalue weighted by Gasteiger charge is 1.97. The number of benzene rings is 1. The maximum Gasteiger partial charge on any atom is 0.0718 e.